The van der Waals surface area contributed by atoms with Gasteiger partial charge in [-0.15, -0.1) is 24.8 Å². The molecule has 0 fully saturated rings. The van der Waals surface area contributed by atoms with E-state index in [1.54, 1.807) is 0 Å². The third-order valence-electron chi connectivity index (χ3n) is 0. The summed E-state index contributed by atoms with van der Waals surface area (Å²) in [6.07, 6.45) is 0. The van der Waals surface area contributed by atoms with Crippen molar-refractivity contribution in [2.45, 2.75) is 0 Å². The van der Waals surface area contributed by atoms with E-state index in [9.17, 15) is 0 Å². The van der Waals surface area contributed by atoms with Crippen molar-refractivity contribution in [3.8, 4) is 0 Å². The van der Waals surface area contributed by atoms with Gasteiger partial charge in [0.2, 0.25) is 0 Å². The quantitative estimate of drug-likeness (QED) is 0.416. The molecule has 0 aliphatic heterocycles. The van der Waals surface area contributed by atoms with E-state index in [1.165, 1.54) is 0 Å². The fourth-order valence-electron chi connectivity index (χ4n) is 0. The zero-order valence-electron chi connectivity index (χ0n) is 1.81. The summed E-state index contributed by atoms with van der Waals surface area (Å²) in [7, 11) is 0. The summed E-state index contributed by atoms with van der Waals surface area (Å²) in [6, 6.07) is 0. The van der Waals surface area contributed by atoms with Crippen LogP contribution in [0, 0.1) is 37.3 Å². The minimum atomic E-state index is 0. The zero-order chi connectivity index (χ0) is 0. The van der Waals surface area contributed by atoms with E-state index in [0.717, 1.165) is 0 Å². The first-order valence-corrected chi connectivity index (χ1v) is 0. The standard InChI is InChI=1S/Ba.Cd.2ClH.Er.2H/h;;2*1H;;;. The first-order chi connectivity index (χ1) is 0. The number of halogens is 2. The average Bonchev–Trinajstić information content (AvgIpc) is 0. The Bertz CT molecular complexity index is 9.61. The average molecular weight is 492 g/mol. The first-order valence-electron chi connectivity index (χ1n) is 0. The molecule has 0 aromatic rings. The van der Waals surface area contributed by atoms with Gasteiger partial charge in [-0.25, -0.2) is 0 Å². The fourth-order valence-corrected chi connectivity index (χ4v) is 0. The molecule has 0 aliphatic carbocycles. The van der Waals surface area contributed by atoms with Gasteiger partial charge < -0.3 is 0 Å². The maximum atomic E-state index is 0. The molecule has 0 radical (unpaired) electrons. The van der Waals surface area contributed by atoms with Crippen molar-refractivity contribution in [3.05, 3.63) is 0 Å². The number of hydrogen-bond acceptors (Lipinski definition) is 0. The minimum absolute atomic E-state index is 0. The van der Waals surface area contributed by atoms with Crippen LogP contribution in [0.25, 0.3) is 0 Å². The Morgan fingerprint density at radius 2 is 0.800 bits per heavy atom. The molecular formula is H4BaCdCl2Er. The summed E-state index contributed by atoms with van der Waals surface area (Å²) in [4.78, 5) is 0. The first kappa shape index (κ1) is 34.6. The second-order valence-electron chi connectivity index (χ2n) is 0. The molecule has 0 amide bonds. The third-order valence-corrected chi connectivity index (χ3v) is 0. The Kier molecular flexibility index (Phi) is 165. The van der Waals surface area contributed by atoms with Gasteiger partial charge in [0.15, 0.2) is 0 Å². The minimum Gasteiger partial charge on any atom is 0 e. The second kappa shape index (κ2) is 23.9. The fraction of sp³-hybridized carbons (Fsp3) is 0. The van der Waals surface area contributed by atoms with Gasteiger partial charge in [0, 0.05) is 64.6 Å². The molecule has 5 heavy (non-hydrogen) atoms. The molecule has 0 aromatic carbocycles. The van der Waals surface area contributed by atoms with Crippen molar-refractivity contribution < 1.29 is 64.6 Å². The van der Waals surface area contributed by atoms with Crippen LogP contribution in [0.1, 0.15) is 0 Å². The van der Waals surface area contributed by atoms with Gasteiger partial charge in [-0.2, -0.15) is 0 Å². The van der Waals surface area contributed by atoms with Crippen molar-refractivity contribution in [1.82, 2.24) is 0 Å². The van der Waals surface area contributed by atoms with E-state index < -0.39 is 0 Å². The maximum absolute atomic E-state index is 0. The predicted molar refractivity (Wildman–Crippen MR) is 23.0 cm³/mol. The molecule has 0 unspecified atom stereocenters. The van der Waals surface area contributed by atoms with E-state index in [-0.39, 0.29) is 138 Å². The van der Waals surface area contributed by atoms with Crippen LogP contribution in [-0.2, 0) is 27.3 Å². The van der Waals surface area contributed by atoms with E-state index >= 15 is 0 Å². The Morgan fingerprint density at radius 1 is 0.800 bits per heavy atom. The van der Waals surface area contributed by atoms with Gasteiger partial charge in [0.1, 0.15) is 0 Å². The van der Waals surface area contributed by atoms with E-state index in [1.807, 2.05) is 0 Å². The van der Waals surface area contributed by atoms with Crippen LogP contribution in [-0.4, -0.2) is 48.9 Å². The summed E-state index contributed by atoms with van der Waals surface area (Å²) in [5.41, 5.74) is 0. The zero-order valence-corrected chi connectivity index (χ0v) is 9.33. The molecule has 5 heteroatoms. The van der Waals surface area contributed by atoms with Crippen molar-refractivity contribution in [2.24, 2.45) is 0 Å². The van der Waals surface area contributed by atoms with Crippen LogP contribution >= 0.6 is 24.8 Å². The summed E-state index contributed by atoms with van der Waals surface area (Å²) in [6.45, 7) is 0. The van der Waals surface area contributed by atoms with E-state index in [0.29, 0.717) is 0 Å². The molecule has 0 spiro atoms. The van der Waals surface area contributed by atoms with Gasteiger partial charge in [0.25, 0.3) is 0 Å². The molecule has 34 valence electrons. The van der Waals surface area contributed by atoms with Crippen LogP contribution in [0.2, 0.25) is 0 Å². The van der Waals surface area contributed by atoms with E-state index in [2.05, 4.69) is 0 Å². The summed E-state index contributed by atoms with van der Waals surface area (Å²) >= 11 is 0. The maximum Gasteiger partial charge on any atom is 0 e. The molecule has 0 heterocycles. The third kappa shape index (κ3) is 17.8. The molecule has 0 saturated heterocycles. The SMILES string of the molecule is Cl.Cl.[BaH2].[Cd].[Er]. The normalized spacial score (nSPS) is 0. The molecule has 0 atom stereocenters. The topological polar surface area (TPSA) is 0 Å². The van der Waals surface area contributed by atoms with E-state index in [4.69, 9.17) is 0 Å². The van der Waals surface area contributed by atoms with Crippen molar-refractivity contribution in [2.75, 3.05) is 0 Å². The van der Waals surface area contributed by atoms with Gasteiger partial charge in [-0.1, -0.05) is 0 Å². The van der Waals surface area contributed by atoms with Gasteiger partial charge >= 0.3 is 48.9 Å². The van der Waals surface area contributed by atoms with Gasteiger partial charge in [0.05, 0.1) is 0 Å². The van der Waals surface area contributed by atoms with Crippen molar-refractivity contribution in [1.29, 1.82) is 0 Å². The molecule has 0 bridgehead atoms. The van der Waals surface area contributed by atoms with Gasteiger partial charge in [-0.05, 0) is 0 Å². The van der Waals surface area contributed by atoms with Crippen molar-refractivity contribution in [3.63, 3.8) is 0 Å². The summed E-state index contributed by atoms with van der Waals surface area (Å²) < 4.78 is 0. The second-order valence-corrected chi connectivity index (χ2v) is 0. The largest absolute Gasteiger partial charge is 0 e. The molecule has 0 nitrogen and oxygen atoms in total. The Morgan fingerprint density at radius 3 is 0.800 bits per heavy atom. The van der Waals surface area contributed by atoms with Crippen LogP contribution < -0.4 is 0 Å². The molecule has 0 rings (SSSR count). The summed E-state index contributed by atoms with van der Waals surface area (Å²) in [5, 5.41) is 0. The Labute approximate surface area is 134 Å². The van der Waals surface area contributed by atoms with Crippen LogP contribution in [0.3, 0.4) is 0 Å². The van der Waals surface area contributed by atoms with Gasteiger partial charge in [-0.3, -0.25) is 0 Å². The van der Waals surface area contributed by atoms with Crippen LogP contribution in [0.15, 0.2) is 0 Å². The Hall–Kier alpha value is 4.32. The monoisotopic (exact) mass is 492 g/mol. The summed E-state index contributed by atoms with van der Waals surface area (Å²) in [5.74, 6) is 0. The molecule has 0 N–H and O–H groups in total. The molecular weight excluding hydrogens is 488 g/mol. The number of hydrogen-bond donors (Lipinski definition) is 0. The molecule has 0 aromatic heterocycles. The predicted octanol–water partition coefficient (Wildman–Crippen LogP) is -0.0751. The van der Waals surface area contributed by atoms with Crippen molar-refractivity contribution >= 4 is 73.7 Å². The number of rotatable bonds is 0. The van der Waals surface area contributed by atoms with Crippen LogP contribution in [0.4, 0.5) is 0 Å². The molecule has 0 aliphatic rings. The smallest absolute Gasteiger partial charge is 0 e. The molecule has 0 saturated carbocycles. The van der Waals surface area contributed by atoms with Crippen LogP contribution in [0.5, 0.6) is 0 Å². The Balaban J connectivity index is 0.